The molecule has 0 saturated heterocycles. The number of aryl methyl sites for hydroxylation is 1. The lowest BCUT2D eigenvalue weighted by Gasteiger charge is -2.18. The second kappa shape index (κ2) is 9.51. The number of rotatable bonds is 7. The van der Waals surface area contributed by atoms with Gasteiger partial charge in [-0.25, -0.2) is 9.67 Å². The quantitative estimate of drug-likeness (QED) is 0.605. The zero-order chi connectivity index (χ0) is 21.7. The minimum Gasteiger partial charge on any atom is -0.325 e. The number of aromatic nitrogens is 3. The molecule has 0 atom stereocenters. The lowest BCUT2D eigenvalue weighted by Crippen LogP contribution is -2.36. The van der Waals surface area contributed by atoms with Crippen LogP contribution in [-0.4, -0.2) is 51.6 Å². The van der Waals surface area contributed by atoms with Crippen molar-refractivity contribution in [1.82, 2.24) is 19.7 Å². The van der Waals surface area contributed by atoms with Crippen LogP contribution < -0.4 is 10.6 Å². The van der Waals surface area contributed by atoms with Gasteiger partial charge in [0.1, 0.15) is 12.7 Å². The number of likely N-dealkylation sites (N-methyl/N-ethyl adjacent to an activating group) is 1. The first-order valence-corrected chi connectivity index (χ1v) is 9.70. The number of benzene rings is 2. The molecule has 2 N–H and O–H groups in total. The highest BCUT2D eigenvalue weighted by Crippen LogP contribution is 2.24. The van der Waals surface area contributed by atoms with E-state index in [0.29, 0.717) is 16.4 Å². The maximum atomic E-state index is 12.5. The van der Waals surface area contributed by atoms with Crippen LogP contribution in [0.25, 0.3) is 5.69 Å². The summed E-state index contributed by atoms with van der Waals surface area (Å²) in [5.41, 5.74) is 4.04. The van der Waals surface area contributed by atoms with Gasteiger partial charge >= 0.3 is 0 Å². The fourth-order valence-corrected chi connectivity index (χ4v) is 3.13. The molecule has 1 aromatic heterocycles. The summed E-state index contributed by atoms with van der Waals surface area (Å²) in [5.74, 6) is -0.467. The van der Waals surface area contributed by atoms with Crippen molar-refractivity contribution in [3.63, 3.8) is 0 Å². The van der Waals surface area contributed by atoms with E-state index in [1.807, 2.05) is 32.0 Å². The summed E-state index contributed by atoms with van der Waals surface area (Å²) >= 11 is 6.08. The maximum Gasteiger partial charge on any atom is 0.238 e. The summed E-state index contributed by atoms with van der Waals surface area (Å²) in [7, 11) is 1.71. The molecule has 0 aliphatic heterocycles. The molecule has 0 bridgehead atoms. The molecule has 0 aliphatic carbocycles. The minimum atomic E-state index is -0.277. The number of halogens is 1. The van der Waals surface area contributed by atoms with E-state index in [4.69, 9.17) is 11.6 Å². The SMILES string of the molecule is Cc1cccc(NC(=O)CN(C)CC(=O)Nc2cc(Cl)ccc2-n2cncn2)c1C. The Hall–Kier alpha value is -3.23. The molecule has 0 unspecified atom stereocenters. The van der Waals surface area contributed by atoms with Gasteiger partial charge in [0.2, 0.25) is 11.8 Å². The van der Waals surface area contributed by atoms with Crippen LogP contribution in [0.3, 0.4) is 0 Å². The maximum absolute atomic E-state index is 12.5. The highest BCUT2D eigenvalue weighted by molar-refractivity contribution is 6.31. The molecule has 30 heavy (non-hydrogen) atoms. The number of nitrogens with one attached hydrogen (secondary N) is 2. The summed E-state index contributed by atoms with van der Waals surface area (Å²) in [6, 6.07) is 10.8. The molecule has 0 spiro atoms. The van der Waals surface area contributed by atoms with E-state index in [9.17, 15) is 9.59 Å². The lowest BCUT2D eigenvalue weighted by molar-refractivity contribution is -0.119. The molecule has 3 rings (SSSR count). The largest absolute Gasteiger partial charge is 0.325 e. The number of nitrogens with zero attached hydrogens (tertiary/aromatic N) is 4. The van der Waals surface area contributed by atoms with E-state index >= 15 is 0 Å². The van der Waals surface area contributed by atoms with Gasteiger partial charge in [-0.2, -0.15) is 5.10 Å². The van der Waals surface area contributed by atoms with Crippen molar-refractivity contribution in [3.8, 4) is 5.69 Å². The summed E-state index contributed by atoms with van der Waals surface area (Å²) in [6.07, 6.45) is 2.94. The summed E-state index contributed by atoms with van der Waals surface area (Å²) in [6.45, 7) is 4.06. The van der Waals surface area contributed by atoms with Gasteiger partial charge in [-0.05, 0) is 56.3 Å². The van der Waals surface area contributed by atoms with Gasteiger partial charge in [-0.3, -0.25) is 14.5 Å². The third-order valence-electron chi connectivity index (χ3n) is 4.60. The predicted molar refractivity (Wildman–Crippen MR) is 117 cm³/mol. The Morgan fingerprint density at radius 1 is 1.07 bits per heavy atom. The summed E-state index contributed by atoms with van der Waals surface area (Å²) < 4.78 is 1.54. The van der Waals surface area contributed by atoms with Gasteiger partial charge in [0.05, 0.1) is 24.5 Å². The zero-order valence-electron chi connectivity index (χ0n) is 17.0. The normalized spacial score (nSPS) is 10.8. The Kier molecular flexibility index (Phi) is 6.81. The van der Waals surface area contributed by atoms with Crippen LogP contribution in [0, 0.1) is 13.8 Å². The van der Waals surface area contributed by atoms with Gasteiger partial charge in [0.25, 0.3) is 0 Å². The Morgan fingerprint density at radius 2 is 1.77 bits per heavy atom. The molecule has 0 radical (unpaired) electrons. The van der Waals surface area contributed by atoms with Crippen LogP contribution in [0.2, 0.25) is 5.02 Å². The van der Waals surface area contributed by atoms with E-state index in [2.05, 4.69) is 20.7 Å². The molecule has 2 aromatic carbocycles. The van der Waals surface area contributed by atoms with Crippen LogP contribution in [0.15, 0.2) is 49.1 Å². The molecule has 1 heterocycles. The van der Waals surface area contributed by atoms with Crippen LogP contribution in [-0.2, 0) is 9.59 Å². The lowest BCUT2D eigenvalue weighted by atomic mass is 10.1. The van der Waals surface area contributed by atoms with E-state index in [-0.39, 0.29) is 24.9 Å². The fraction of sp³-hybridized carbons (Fsp3) is 0.238. The van der Waals surface area contributed by atoms with Crippen LogP contribution in [0.5, 0.6) is 0 Å². The molecule has 0 fully saturated rings. The van der Waals surface area contributed by atoms with Crippen molar-refractivity contribution in [2.45, 2.75) is 13.8 Å². The topological polar surface area (TPSA) is 92.2 Å². The van der Waals surface area contributed by atoms with Crippen molar-refractivity contribution in [2.24, 2.45) is 0 Å². The van der Waals surface area contributed by atoms with Crippen molar-refractivity contribution in [2.75, 3.05) is 30.8 Å². The van der Waals surface area contributed by atoms with Gasteiger partial charge < -0.3 is 10.6 Å². The van der Waals surface area contributed by atoms with Gasteiger partial charge in [-0.15, -0.1) is 0 Å². The van der Waals surface area contributed by atoms with Crippen LogP contribution in [0.4, 0.5) is 11.4 Å². The highest BCUT2D eigenvalue weighted by atomic mass is 35.5. The van der Waals surface area contributed by atoms with Gasteiger partial charge in [0, 0.05) is 10.7 Å². The molecule has 2 amide bonds. The second-order valence-electron chi connectivity index (χ2n) is 7.02. The molecule has 3 aromatic rings. The van der Waals surface area contributed by atoms with Crippen LogP contribution >= 0.6 is 11.6 Å². The molecule has 0 saturated carbocycles. The van der Waals surface area contributed by atoms with Crippen molar-refractivity contribution in [1.29, 1.82) is 0 Å². The van der Waals surface area contributed by atoms with E-state index in [1.54, 1.807) is 30.1 Å². The van der Waals surface area contributed by atoms with Gasteiger partial charge in [-0.1, -0.05) is 23.7 Å². The fourth-order valence-electron chi connectivity index (χ4n) is 2.95. The van der Waals surface area contributed by atoms with E-state index < -0.39 is 0 Å². The van der Waals surface area contributed by atoms with Crippen molar-refractivity contribution >= 4 is 34.8 Å². The van der Waals surface area contributed by atoms with E-state index in [1.165, 1.54) is 17.3 Å². The Balaban J connectivity index is 1.59. The average molecular weight is 427 g/mol. The van der Waals surface area contributed by atoms with Crippen molar-refractivity contribution in [3.05, 3.63) is 65.2 Å². The van der Waals surface area contributed by atoms with E-state index in [0.717, 1.165) is 16.8 Å². The number of hydrogen-bond donors (Lipinski definition) is 2. The monoisotopic (exact) mass is 426 g/mol. The first kappa shape index (κ1) is 21.5. The predicted octanol–water partition coefficient (Wildman–Crippen LogP) is 3.05. The third kappa shape index (κ3) is 5.43. The number of carbonyl (C=O) groups excluding carboxylic acids is 2. The molecule has 0 aliphatic rings. The molecule has 8 nitrogen and oxygen atoms in total. The van der Waals surface area contributed by atoms with Crippen molar-refractivity contribution < 1.29 is 9.59 Å². The highest BCUT2D eigenvalue weighted by Gasteiger charge is 2.14. The van der Waals surface area contributed by atoms with Crippen LogP contribution in [0.1, 0.15) is 11.1 Å². The Labute approximate surface area is 179 Å². The number of amides is 2. The molecule has 156 valence electrons. The standard InChI is InChI=1S/C21H23ClN6O2/c1-14-5-4-6-17(15(14)2)25-20(29)10-27(3)11-21(30)26-18-9-16(22)7-8-19(18)28-13-23-12-24-28/h4-9,12-13H,10-11H2,1-3H3,(H,25,29)(H,26,30). The molecular weight excluding hydrogens is 404 g/mol. The summed E-state index contributed by atoms with van der Waals surface area (Å²) in [5, 5.41) is 10.3. The Bertz CT molecular complexity index is 1050. The third-order valence-corrected chi connectivity index (χ3v) is 4.84. The number of hydrogen-bond acceptors (Lipinski definition) is 5. The minimum absolute atomic E-state index is 0.0313. The number of carbonyl (C=O) groups is 2. The Morgan fingerprint density at radius 3 is 2.43 bits per heavy atom. The first-order chi connectivity index (χ1) is 14.3. The zero-order valence-corrected chi connectivity index (χ0v) is 17.8. The first-order valence-electron chi connectivity index (χ1n) is 9.32. The summed E-state index contributed by atoms with van der Waals surface area (Å²) in [4.78, 5) is 30.4. The smallest absolute Gasteiger partial charge is 0.238 e. The average Bonchev–Trinajstić information content (AvgIpc) is 3.19. The molecular formula is C21H23ClN6O2. The molecule has 9 heteroatoms. The van der Waals surface area contributed by atoms with Gasteiger partial charge in [0.15, 0.2) is 0 Å². The second-order valence-corrected chi connectivity index (χ2v) is 7.45. The number of anilines is 2.